The molecule has 4 amide bonds. The zero-order valence-electron chi connectivity index (χ0n) is 16.9. The average molecular weight is 446 g/mol. The van der Waals surface area contributed by atoms with Crippen LogP contribution in [-0.2, 0) is 38.2 Å². The molecule has 6 rings (SSSR count). The van der Waals surface area contributed by atoms with Crippen molar-refractivity contribution in [2.75, 3.05) is 26.6 Å². The van der Waals surface area contributed by atoms with Gasteiger partial charge < -0.3 is 20.9 Å². The van der Waals surface area contributed by atoms with E-state index >= 15 is 0 Å². The number of hydrogen-bond acceptors (Lipinski definition) is 10. The lowest BCUT2D eigenvalue weighted by atomic mass is 9.40. The van der Waals surface area contributed by atoms with E-state index < -0.39 is 72.7 Å². The molecule has 2 heterocycles. The first-order chi connectivity index (χ1) is 15.3. The van der Waals surface area contributed by atoms with Crippen LogP contribution < -0.4 is 11.5 Å². The summed E-state index contributed by atoms with van der Waals surface area (Å²) in [4.78, 5) is 76.6. The summed E-state index contributed by atoms with van der Waals surface area (Å²) in [6.07, 6.45) is 3.72. The Morgan fingerprint density at radius 1 is 0.688 bits per heavy atom. The number of amides is 4. The van der Waals surface area contributed by atoms with Crippen LogP contribution in [0.5, 0.6) is 0 Å². The van der Waals surface area contributed by atoms with Crippen LogP contribution in [0.4, 0.5) is 0 Å². The van der Waals surface area contributed by atoms with Gasteiger partial charge in [0.25, 0.3) is 0 Å². The monoisotopic (exact) mass is 446 g/mol. The molecule has 170 valence electrons. The average Bonchev–Trinajstić information content (AvgIpc) is 3.14. The van der Waals surface area contributed by atoms with Gasteiger partial charge in [0.15, 0.2) is 13.5 Å². The molecule has 0 spiro atoms. The van der Waals surface area contributed by atoms with E-state index in [4.69, 9.17) is 20.9 Å². The molecular weight excluding hydrogens is 424 g/mol. The maximum Gasteiger partial charge on any atom is 0.321 e. The van der Waals surface area contributed by atoms with Gasteiger partial charge in [-0.1, -0.05) is 12.2 Å². The minimum Gasteiger partial charge on any atom is -0.443 e. The molecule has 2 bridgehead atoms. The SMILES string of the molecule is NCC(=O)OCN1C(=O)[C@@H]2[C@@H]3C=C[C@@H]([C@H]2C1=O)[C@H]1[C@H]2C(=O)N(COC(=O)CN)C(=O)[C@@H]2[C@H]31. The molecule has 12 nitrogen and oxygen atoms in total. The molecule has 4 N–H and O–H groups in total. The van der Waals surface area contributed by atoms with Crippen molar-refractivity contribution in [3.63, 3.8) is 0 Å². The second-order valence-electron chi connectivity index (χ2n) is 8.71. The van der Waals surface area contributed by atoms with Crippen molar-refractivity contribution in [1.82, 2.24) is 9.80 Å². The highest BCUT2D eigenvalue weighted by Crippen LogP contribution is 2.68. The first-order valence-electron chi connectivity index (χ1n) is 10.4. The number of rotatable bonds is 6. The lowest BCUT2D eigenvalue weighted by molar-refractivity contribution is -0.166. The fourth-order valence-electron chi connectivity index (χ4n) is 6.37. The number of nitrogens with zero attached hydrogens (tertiary/aromatic N) is 2. The Hall–Kier alpha value is -3.12. The summed E-state index contributed by atoms with van der Waals surface area (Å²) in [5.74, 6) is -7.07. The summed E-state index contributed by atoms with van der Waals surface area (Å²) in [6.45, 7) is -1.73. The third kappa shape index (κ3) is 2.56. The van der Waals surface area contributed by atoms with Crippen LogP contribution in [0.1, 0.15) is 0 Å². The van der Waals surface area contributed by atoms with Gasteiger partial charge in [-0.2, -0.15) is 0 Å². The molecule has 2 saturated heterocycles. The second-order valence-corrected chi connectivity index (χ2v) is 8.71. The van der Waals surface area contributed by atoms with E-state index in [1.54, 1.807) is 0 Å². The van der Waals surface area contributed by atoms with Crippen molar-refractivity contribution in [2.45, 2.75) is 0 Å². The van der Waals surface area contributed by atoms with Crippen LogP contribution in [0.3, 0.4) is 0 Å². The van der Waals surface area contributed by atoms with E-state index in [1.807, 2.05) is 12.2 Å². The van der Waals surface area contributed by atoms with Crippen LogP contribution >= 0.6 is 0 Å². The molecular formula is C20H22N4O8. The van der Waals surface area contributed by atoms with Gasteiger partial charge in [0.05, 0.1) is 36.8 Å². The molecule has 32 heavy (non-hydrogen) atoms. The molecule has 2 aliphatic heterocycles. The predicted molar refractivity (Wildman–Crippen MR) is 101 cm³/mol. The Balaban J connectivity index is 1.38. The summed E-state index contributed by atoms with van der Waals surface area (Å²) in [5, 5.41) is 0. The number of imide groups is 2. The van der Waals surface area contributed by atoms with Crippen LogP contribution in [0.25, 0.3) is 0 Å². The number of fused-ring (bicyclic) bond motifs is 1. The first-order valence-corrected chi connectivity index (χ1v) is 10.4. The minimum absolute atomic E-state index is 0.258. The molecule has 4 aliphatic carbocycles. The van der Waals surface area contributed by atoms with Gasteiger partial charge in [-0.3, -0.25) is 28.8 Å². The Morgan fingerprint density at radius 2 is 1.03 bits per heavy atom. The summed E-state index contributed by atoms with van der Waals surface area (Å²) in [5.41, 5.74) is 10.4. The Morgan fingerprint density at radius 3 is 1.38 bits per heavy atom. The standard InChI is InChI=1S/C20H22N4O8/c21-3-9(25)31-5-23-17(27)13-7-1-2-8(14(13)18(23)28)12-11(7)15-16(12)20(30)24(19(15)29)6-32-10(26)4-22/h1-2,7-8,11-16H,3-6,21-22H2/t7-,8-,11-,12-,13-,14-,15-,16-/m1/s1. The third-order valence-corrected chi connectivity index (χ3v) is 7.57. The highest BCUT2D eigenvalue weighted by atomic mass is 16.6. The van der Waals surface area contributed by atoms with Crippen LogP contribution in [0, 0.1) is 47.3 Å². The molecule has 8 atom stereocenters. The van der Waals surface area contributed by atoms with E-state index in [0.29, 0.717) is 0 Å². The van der Waals surface area contributed by atoms with Crippen LogP contribution in [0.2, 0.25) is 0 Å². The van der Waals surface area contributed by atoms with Crippen molar-refractivity contribution >= 4 is 35.6 Å². The highest BCUT2D eigenvalue weighted by molar-refractivity contribution is 6.09. The minimum atomic E-state index is -0.734. The molecule has 2 saturated carbocycles. The van der Waals surface area contributed by atoms with Gasteiger partial charge in [-0.15, -0.1) is 0 Å². The lowest BCUT2D eigenvalue weighted by Crippen LogP contribution is -2.63. The normalized spacial score (nSPS) is 38.4. The van der Waals surface area contributed by atoms with Gasteiger partial charge in [-0.05, 0) is 23.7 Å². The van der Waals surface area contributed by atoms with E-state index in [9.17, 15) is 28.8 Å². The molecule has 4 fully saturated rings. The lowest BCUT2D eigenvalue weighted by Gasteiger charge is -2.60. The summed E-state index contributed by atoms with van der Waals surface area (Å²) in [7, 11) is 0. The van der Waals surface area contributed by atoms with Gasteiger partial charge >= 0.3 is 11.9 Å². The number of ether oxygens (including phenoxy) is 2. The topological polar surface area (TPSA) is 179 Å². The zero-order chi connectivity index (χ0) is 22.9. The molecule has 12 heteroatoms. The summed E-state index contributed by atoms with van der Waals surface area (Å²) < 4.78 is 9.78. The molecule has 0 unspecified atom stereocenters. The maximum absolute atomic E-state index is 13.0. The van der Waals surface area contributed by atoms with Crippen molar-refractivity contribution in [2.24, 2.45) is 58.8 Å². The predicted octanol–water partition coefficient (Wildman–Crippen LogP) is -2.83. The number of carbonyl (C=O) groups excluding carboxylic acids is 6. The number of esters is 2. The quantitative estimate of drug-likeness (QED) is 0.245. The van der Waals surface area contributed by atoms with Crippen molar-refractivity contribution in [3.8, 4) is 0 Å². The largest absolute Gasteiger partial charge is 0.443 e. The summed E-state index contributed by atoms with van der Waals surface area (Å²) in [6, 6.07) is 0. The fourth-order valence-corrected chi connectivity index (χ4v) is 6.37. The van der Waals surface area contributed by atoms with Crippen molar-refractivity contribution < 1.29 is 38.2 Å². The highest BCUT2D eigenvalue weighted by Gasteiger charge is 2.75. The second kappa shape index (κ2) is 7.20. The Bertz CT molecular complexity index is 923. The zero-order valence-corrected chi connectivity index (χ0v) is 16.9. The number of allylic oxidation sites excluding steroid dienone is 2. The molecule has 0 aromatic rings. The van der Waals surface area contributed by atoms with Gasteiger partial charge in [0.1, 0.15) is 0 Å². The Kier molecular flexibility index (Phi) is 4.67. The van der Waals surface area contributed by atoms with E-state index in [2.05, 4.69) is 0 Å². The number of hydrogen-bond donors (Lipinski definition) is 2. The van der Waals surface area contributed by atoms with Gasteiger partial charge in [0, 0.05) is 0 Å². The summed E-state index contributed by atoms with van der Waals surface area (Å²) >= 11 is 0. The first kappa shape index (κ1) is 20.8. The maximum atomic E-state index is 13.0. The van der Waals surface area contributed by atoms with E-state index in [-0.39, 0.29) is 36.8 Å². The third-order valence-electron chi connectivity index (χ3n) is 7.57. The number of likely N-dealkylation sites (tertiary alicyclic amines) is 2. The van der Waals surface area contributed by atoms with E-state index in [0.717, 1.165) is 9.80 Å². The van der Waals surface area contributed by atoms with Gasteiger partial charge in [0.2, 0.25) is 23.6 Å². The van der Waals surface area contributed by atoms with E-state index in [1.165, 1.54) is 0 Å². The van der Waals surface area contributed by atoms with Crippen molar-refractivity contribution in [3.05, 3.63) is 12.2 Å². The molecule has 6 aliphatic rings. The van der Waals surface area contributed by atoms with Gasteiger partial charge in [-0.25, -0.2) is 9.80 Å². The fraction of sp³-hybridized carbons (Fsp3) is 0.600. The smallest absolute Gasteiger partial charge is 0.321 e. The van der Waals surface area contributed by atoms with Crippen molar-refractivity contribution in [1.29, 1.82) is 0 Å². The van der Waals surface area contributed by atoms with Crippen LogP contribution in [-0.4, -0.2) is 71.9 Å². The number of nitrogens with two attached hydrogens (primary N) is 2. The molecule has 0 aromatic carbocycles. The molecule has 0 radical (unpaired) electrons. The van der Waals surface area contributed by atoms with Crippen LogP contribution in [0.15, 0.2) is 12.2 Å². The number of carbonyl (C=O) groups is 6. The Labute approximate surface area is 181 Å². The molecule has 0 aromatic heterocycles.